The smallest absolute Gasteiger partial charge is 0.245 e. The van der Waals surface area contributed by atoms with Crippen molar-refractivity contribution in [3.63, 3.8) is 0 Å². The first-order valence-electron chi connectivity index (χ1n) is 11.7. The molecule has 0 radical (unpaired) electrons. The third-order valence-electron chi connectivity index (χ3n) is 6.78. The fourth-order valence-corrected chi connectivity index (χ4v) is 6.33. The Hall–Kier alpha value is -1.19. The van der Waals surface area contributed by atoms with Crippen LogP contribution < -0.4 is 10.6 Å². The van der Waals surface area contributed by atoms with Gasteiger partial charge in [0.15, 0.2) is 0 Å². The maximum absolute atomic E-state index is 13.6. The van der Waals surface area contributed by atoms with Gasteiger partial charge in [0.2, 0.25) is 17.7 Å². The molecular formula is C22H36BrN3O5. The van der Waals surface area contributed by atoms with Crippen molar-refractivity contribution in [2.45, 2.75) is 81.4 Å². The molecule has 176 valence electrons. The number of carbonyl (C=O) groups is 3. The summed E-state index contributed by atoms with van der Waals surface area (Å²) < 4.78 is 6.41. The summed E-state index contributed by atoms with van der Waals surface area (Å²) in [6.45, 7) is 5.68. The largest absolute Gasteiger partial charge is 0.396 e. The van der Waals surface area contributed by atoms with E-state index in [2.05, 4.69) is 33.5 Å². The summed E-state index contributed by atoms with van der Waals surface area (Å²) in [5, 5.41) is 15.0. The molecule has 0 aliphatic carbocycles. The molecule has 3 amide bonds. The number of unbranched alkanes of at least 4 members (excludes halogenated alkanes) is 3. The van der Waals surface area contributed by atoms with Gasteiger partial charge in [0, 0.05) is 31.1 Å². The summed E-state index contributed by atoms with van der Waals surface area (Å²) in [4.78, 5) is 41.5. The molecule has 0 aromatic heterocycles. The molecule has 3 N–H and O–H groups in total. The lowest BCUT2D eigenvalue weighted by atomic mass is 9.70. The van der Waals surface area contributed by atoms with E-state index in [4.69, 9.17) is 9.84 Å². The predicted octanol–water partition coefficient (Wildman–Crippen LogP) is 1.34. The zero-order chi connectivity index (χ0) is 22.6. The highest BCUT2D eigenvalue weighted by atomic mass is 79.9. The van der Waals surface area contributed by atoms with Crippen molar-refractivity contribution in [3.05, 3.63) is 0 Å². The molecule has 8 nitrogen and oxygen atoms in total. The normalized spacial score (nSPS) is 33.6. The molecular weight excluding hydrogens is 466 g/mol. The van der Waals surface area contributed by atoms with Crippen LogP contribution in [0.3, 0.4) is 0 Å². The minimum absolute atomic E-state index is 0.0748. The number of carbonyl (C=O) groups excluding carboxylic acids is 3. The summed E-state index contributed by atoms with van der Waals surface area (Å²) in [5.41, 5.74) is -0.975. The highest BCUT2D eigenvalue weighted by molar-refractivity contribution is 9.09. The van der Waals surface area contributed by atoms with E-state index < -0.39 is 29.6 Å². The van der Waals surface area contributed by atoms with Crippen LogP contribution in [0.15, 0.2) is 0 Å². The Morgan fingerprint density at radius 1 is 1.13 bits per heavy atom. The lowest BCUT2D eigenvalue weighted by Gasteiger charge is -2.34. The van der Waals surface area contributed by atoms with Gasteiger partial charge in [0.05, 0.1) is 17.9 Å². The fraction of sp³-hybridized carbons (Fsp3) is 0.864. The van der Waals surface area contributed by atoms with Gasteiger partial charge in [-0.15, -0.1) is 0 Å². The third-order valence-corrected chi connectivity index (χ3v) is 7.62. The minimum atomic E-state index is -0.975. The number of rotatable bonds is 12. The number of hydrogen-bond donors (Lipinski definition) is 3. The topological polar surface area (TPSA) is 108 Å². The number of alkyl halides is 1. The van der Waals surface area contributed by atoms with E-state index in [1.807, 2.05) is 6.92 Å². The Morgan fingerprint density at radius 3 is 2.55 bits per heavy atom. The molecule has 3 unspecified atom stereocenters. The molecule has 6 atom stereocenters. The van der Waals surface area contributed by atoms with Gasteiger partial charge in [-0.3, -0.25) is 14.4 Å². The molecule has 3 saturated heterocycles. The first-order chi connectivity index (χ1) is 14.9. The second kappa shape index (κ2) is 10.6. The maximum atomic E-state index is 13.6. The van der Waals surface area contributed by atoms with Crippen molar-refractivity contribution < 1.29 is 24.2 Å². The molecule has 3 aliphatic rings. The van der Waals surface area contributed by atoms with E-state index >= 15 is 0 Å². The number of aliphatic hydroxyl groups excluding tert-OH is 1. The molecule has 9 heteroatoms. The number of likely N-dealkylation sites (tertiary alicyclic amines) is 1. The highest BCUT2D eigenvalue weighted by Crippen LogP contribution is 2.59. The predicted molar refractivity (Wildman–Crippen MR) is 120 cm³/mol. The number of nitrogens with zero attached hydrogens (tertiary/aromatic N) is 1. The van der Waals surface area contributed by atoms with Crippen LogP contribution in [0.4, 0.5) is 0 Å². The first-order valence-corrected chi connectivity index (χ1v) is 12.6. The van der Waals surface area contributed by atoms with E-state index in [0.29, 0.717) is 38.9 Å². The Morgan fingerprint density at radius 2 is 1.87 bits per heavy atom. The van der Waals surface area contributed by atoms with E-state index in [1.54, 1.807) is 4.90 Å². The van der Waals surface area contributed by atoms with Gasteiger partial charge in [-0.25, -0.2) is 0 Å². The van der Waals surface area contributed by atoms with Crippen molar-refractivity contribution in [2.24, 2.45) is 11.8 Å². The van der Waals surface area contributed by atoms with Crippen molar-refractivity contribution in [2.75, 3.05) is 26.2 Å². The Balaban J connectivity index is 1.88. The lowest BCUT2D eigenvalue weighted by molar-refractivity contribution is -0.142. The van der Waals surface area contributed by atoms with Crippen molar-refractivity contribution in [1.82, 2.24) is 15.5 Å². The molecule has 31 heavy (non-hydrogen) atoms. The van der Waals surface area contributed by atoms with Crippen LogP contribution in [0.1, 0.15) is 58.8 Å². The molecule has 3 fully saturated rings. The van der Waals surface area contributed by atoms with Gasteiger partial charge in [0.1, 0.15) is 11.6 Å². The standard InChI is InChI=1S/C22H36BrN3O5/c1-3-5-10-25-20(29)18-22-13-14(23)17(31-22)15(19(28)24-9-4-2)16(22)21(30)26(18)11-7-6-8-12-27/h14-18,27H,3-13H2,1-2H3,(H,24,28)(H,25,29)/t14?,15-,16-,17-,18?,22?/m0/s1. The van der Waals surface area contributed by atoms with Crippen LogP contribution in [-0.2, 0) is 19.1 Å². The molecule has 2 bridgehead atoms. The van der Waals surface area contributed by atoms with Crippen LogP contribution in [0.25, 0.3) is 0 Å². The van der Waals surface area contributed by atoms with Crippen molar-refractivity contribution in [1.29, 1.82) is 0 Å². The molecule has 3 heterocycles. The molecule has 0 aromatic rings. The van der Waals surface area contributed by atoms with Gasteiger partial charge < -0.3 is 25.4 Å². The molecule has 0 aromatic carbocycles. The average Bonchev–Trinajstić information content (AvgIpc) is 3.33. The number of amides is 3. The number of halogens is 1. The minimum Gasteiger partial charge on any atom is -0.396 e. The third kappa shape index (κ3) is 4.50. The number of fused-ring (bicyclic) bond motifs is 1. The van der Waals surface area contributed by atoms with Crippen LogP contribution in [0.5, 0.6) is 0 Å². The van der Waals surface area contributed by atoms with Crippen LogP contribution in [-0.4, -0.2) is 76.5 Å². The van der Waals surface area contributed by atoms with Crippen molar-refractivity contribution >= 4 is 33.7 Å². The number of ether oxygens (including phenoxy) is 1. The van der Waals surface area contributed by atoms with E-state index in [0.717, 1.165) is 25.7 Å². The summed E-state index contributed by atoms with van der Waals surface area (Å²) in [7, 11) is 0. The van der Waals surface area contributed by atoms with E-state index in [-0.39, 0.29) is 29.2 Å². The Bertz CT molecular complexity index is 678. The Labute approximate surface area is 193 Å². The van der Waals surface area contributed by atoms with Gasteiger partial charge >= 0.3 is 0 Å². The number of hydrogen-bond acceptors (Lipinski definition) is 5. The first kappa shape index (κ1) is 24.5. The number of aliphatic hydroxyl groups is 1. The second-order valence-corrected chi connectivity index (χ2v) is 10.1. The van der Waals surface area contributed by atoms with Gasteiger partial charge in [-0.05, 0) is 38.5 Å². The van der Waals surface area contributed by atoms with Gasteiger partial charge in [-0.2, -0.15) is 0 Å². The van der Waals surface area contributed by atoms with E-state index in [9.17, 15) is 14.4 Å². The summed E-state index contributed by atoms with van der Waals surface area (Å²) in [5.74, 6) is -1.74. The quantitative estimate of drug-likeness (QED) is 0.276. The monoisotopic (exact) mass is 501 g/mol. The number of nitrogens with one attached hydrogen (secondary N) is 2. The molecule has 3 aliphatic heterocycles. The average molecular weight is 502 g/mol. The van der Waals surface area contributed by atoms with Crippen LogP contribution in [0.2, 0.25) is 0 Å². The summed E-state index contributed by atoms with van der Waals surface area (Å²) in [6, 6.07) is -0.731. The SMILES string of the molecule is CCCCNC(=O)C1N(CCCCCO)C(=O)[C@@H]2[C@H](C(=O)NCCC)[C@H]3OC12CC3Br. The van der Waals surface area contributed by atoms with Gasteiger partial charge in [-0.1, -0.05) is 36.2 Å². The zero-order valence-corrected chi connectivity index (χ0v) is 20.2. The Kier molecular flexibility index (Phi) is 8.37. The van der Waals surface area contributed by atoms with Crippen LogP contribution >= 0.6 is 15.9 Å². The molecule has 3 rings (SSSR count). The molecule has 1 spiro atoms. The van der Waals surface area contributed by atoms with Crippen molar-refractivity contribution in [3.8, 4) is 0 Å². The second-order valence-electron chi connectivity index (χ2n) is 8.92. The lowest BCUT2D eigenvalue weighted by Crippen LogP contribution is -2.56. The molecule has 0 saturated carbocycles. The summed E-state index contributed by atoms with van der Waals surface area (Å²) >= 11 is 3.66. The van der Waals surface area contributed by atoms with Crippen LogP contribution in [0, 0.1) is 11.8 Å². The maximum Gasteiger partial charge on any atom is 0.245 e. The zero-order valence-electron chi connectivity index (χ0n) is 18.6. The van der Waals surface area contributed by atoms with E-state index in [1.165, 1.54) is 0 Å². The highest BCUT2D eigenvalue weighted by Gasteiger charge is 2.76. The summed E-state index contributed by atoms with van der Waals surface area (Å²) in [6.07, 6.45) is 4.89. The van der Waals surface area contributed by atoms with Gasteiger partial charge in [0.25, 0.3) is 0 Å². The fourth-order valence-electron chi connectivity index (χ4n) is 5.39.